The molecule has 9 heteroatoms. The largest absolute Gasteiger partial charge is 0.496 e. The van der Waals surface area contributed by atoms with Crippen LogP contribution in [0, 0.1) is 12.3 Å². The number of nitrogens with one attached hydrogen (secondary N) is 2. The fourth-order valence-corrected chi connectivity index (χ4v) is 6.25. The van der Waals surface area contributed by atoms with Crippen molar-refractivity contribution < 1.29 is 17.9 Å². The number of rotatable bonds is 5. The number of fused-ring (bicyclic) bond motifs is 1. The zero-order valence-corrected chi connectivity index (χ0v) is 20.2. The highest BCUT2D eigenvalue weighted by Crippen LogP contribution is 2.60. The van der Waals surface area contributed by atoms with Gasteiger partial charge in [-0.2, -0.15) is 0 Å². The number of hydrogen-bond donors (Lipinski definition) is 2. The molecule has 1 aliphatic carbocycles. The second-order valence-corrected chi connectivity index (χ2v) is 10.3. The van der Waals surface area contributed by atoms with E-state index in [1.807, 2.05) is 36.5 Å². The maximum absolute atomic E-state index is 14.0. The molecule has 2 aliphatic rings. The summed E-state index contributed by atoms with van der Waals surface area (Å²) >= 11 is 0. The van der Waals surface area contributed by atoms with Crippen molar-refractivity contribution in [1.29, 1.82) is 0 Å². The van der Waals surface area contributed by atoms with Crippen molar-refractivity contribution in [2.45, 2.75) is 51.1 Å². The average molecular weight is 495 g/mol. The first kappa shape index (κ1) is 23.0. The number of aromatic amines is 2. The Bertz CT molecular complexity index is 1460. The van der Waals surface area contributed by atoms with Gasteiger partial charge in [-0.3, -0.25) is 4.90 Å². The van der Waals surface area contributed by atoms with Crippen LogP contribution in [0.1, 0.15) is 48.4 Å². The molecule has 1 spiro atoms. The van der Waals surface area contributed by atoms with E-state index in [0.717, 1.165) is 46.3 Å². The molecule has 0 radical (unpaired) electrons. The van der Waals surface area contributed by atoms with Gasteiger partial charge < -0.3 is 14.1 Å². The van der Waals surface area contributed by atoms with Crippen LogP contribution in [0.25, 0.3) is 22.4 Å². The number of alkyl halides is 2. The third-order valence-electron chi connectivity index (χ3n) is 7.94. The molecule has 1 atom stereocenters. The van der Waals surface area contributed by atoms with E-state index in [9.17, 15) is 13.6 Å². The summed E-state index contributed by atoms with van der Waals surface area (Å²) < 4.78 is 38.8. The molecule has 7 nitrogen and oxygen atoms in total. The smallest absolute Gasteiger partial charge is 0.434 e. The second kappa shape index (κ2) is 8.30. The van der Waals surface area contributed by atoms with Crippen LogP contribution in [0.2, 0.25) is 0 Å². The molecule has 3 heterocycles. The van der Waals surface area contributed by atoms with Crippen molar-refractivity contribution in [2.75, 3.05) is 13.7 Å². The van der Waals surface area contributed by atoms with E-state index >= 15 is 0 Å². The van der Waals surface area contributed by atoms with Crippen LogP contribution in [0.4, 0.5) is 8.78 Å². The number of ether oxygens (including phenoxy) is 1. The zero-order chi connectivity index (χ0) is 25.1. The quantitative estimate of drug-likeness (QED) is 0.378. The van der Waals surface area contributed by atoms with Gasteiger partial charge in [-0.1, -0.05) is 12.1 Å². The van der Waals surface area contributed by atoms with E-state index in [0.29, 0.717) is 18.5 Å². The van der Waals surface area contributed by atoms with Crippen LogP contribution < -0.4 is 10.5 Å². The van der Waals surface area contributed by atoms with Crippen molar-refractivity contribution in [3.8, 4) is 17.2 Å². The second-order valence-electron chi connectivity index (χ2n) is 10.3. The van der Waals surface area contributed by atoms with Crippen molar-refractivity contribution >= 4 is 10.9 Å². The maximum atomic E-state index is 14.0. The van der Waals surface area contributed by atoms with E-state index in [-0.39, 0.29) is 30.2 Å². The number of benzene rings is 2. The molecule has 4 aromatic rings. The number of piperidine rings is 1. The Kier molecular flexibility index (Phi) is 5.29. The number of halogens is 2. The first-order valence-corrected chi connectivity index (χ1v) is 12.2. The Morgan fingerprint density at radius 2 is 2.00 bits per heavy atom. The van der Waals surface area contributed by atoms with Gasteiger partial charge in [0.05, 0.1) is 7.11 Å². The number of methoxy groups -OCH3 is 1. The van der Waals surface area contributed by atoms with Gasteiger partial charge in [0.1, 0.15) is 5.75 Å². The Hall–Kier alpha value is -3.46. The monoisotopic (exact) mass is 494 g/mol. The highest BCUT2D eigenvalue weighted by atomic mass is 19.3. The topological polar surface area (TPSA) is 87.1 Å². The van der Waals surface area contributed by atoms with Gasteiger partial charge >= 0.3 is 5.76 Å². The highest BCUT2D eigenvalue weighted by Gasteiger charge is 2.58. The van der Waals surface area contributed by atoms with Crippen LogP contribution in [-0.4, -0.2) is 39.7 Å². The number of aromatic nitrogens is 3. The molecular formula is C27H28F2N4O3. The molecule has 0 amide bonds. The van der Waals surface area contributed by atoms with Crippen molar-refractivity contribution in [2.24, 2.45) is 5.41 Å². The minimum atomic E-state index is -2.56. The lowest BCUT2D eigenvalue weighted by molar-refractivity contribution is -0.186. The molecule has 1 saturated heterocycles. The first-order chi connectivity index (χ1) is 17.3. The number of H-pyrrole nitrogens is 2. The zero-order valence-electron chi connectivity index (χ0n) is 20.2. The molecule has 2 fully saturated rings. The minimum absolute atomic E-state index is 0.0323. The Morgan fingerprint density at radius 1 is 1.22 bits per heavy atom. The molecular weight excluding hydrogens is 466 g/mol. The van der Waals surface area contributed by atoms with Crippen molar-refractivity contribution in [3.63, 3.8) is 0 Å². The summed E-state index contributed by atoms with van der Waals surface area (Å²) in [5.74, 6) is -2.12. The predicted molar refractivity (Wildman–Crippen MR) is 131 cm³/mol. The van der Waals surface area contributed by atoms with Crippen LogP contribution in [0.15, 0.2) is 51.8 Å². The van der Waals surface area contributed by atoms with Crippen LogP contribution >= 0.6 is 0 Å². The molecule has 1 aliphatic heterocycles. The van der Waals surface area contributed by atoms with Crippen LogP contribution in [-0.2, 0) is 6.54 Å². The molecule has 1 saturated carbocycles. The lowest BCUT2D eigenvalue weighted by atomic mass is 9.59. The number of aryl methyl sites for hydroxylation is 1. The third kappa shape index (κ3) is 3.91. The molecule has 2 aromatic carbocycles. The summed E-state index contributed by atoms with van der Waals surface area (Å²) in [5, 5.41) is 7.29. The fourth-order valence-electron chi connectivity index (χ4n) is 6.25. The Balaban J connectivity index is 1.35. The van der Waals surface area contributed by atoms with Gasteiger partial charge in [-0.15, -0.1) is 5.10 Å². The minimum Gasteiger partial charge on any atom is -0.496 e. The van der Waals surface area contributed by atoms with Crippen molar-refractivity contribution in [3.05, 3.63) is 69.8 Å². The van der Waals surface area contributed by atoms with E-state index in [1.165, 1.54) is 0 Å². The van der Waals surface area contributed by atoms with Gasteiger partial charge in [0.25, 0.3) is 0 Å². The molecule has 2 N–H and O–H groups in total. The summed E-state index contributed by atoms with van der Waals surface area (Å²) in [6, 6.07) is 11.8. The van der Waals surface area contributed by atoms with Crippen molar-refractivity contribution in [1.82, 2.24) is 20.1 Å². The summed E-state index contributed by atoms with van der Waals surface area (Å²) in [6.45, 7) is 3.42. The molecule has 6 rings (SSSR count). The summed E-state index contributed by atoms with van der Waals surface area (Å²) in [4.78, 5) is 17.0. The van der Waals surface area contributed by atoms with E-state index < -0.39 is 11.7 Å². The van der Waals surface area contributed by atoms with Gasteiger partial charge in [0.15, 0.2) is 0 Å². The molecule has 2 aromatic heterocycles. The summed E-state index contributed by atoms with van der Waals surface area (Å²) in [5.41, 5.74) is 4.68. The van der Waals surface area contributed by atoms with E-state index in [2.05, 4.69) is 33.1 Å². The summed E-state index contributed by atoms with van der Waals surface area (Å²) in [7, 11) is 1.68. The number of likely N-dealkylation sites (tertiary alicyclic amines) is 1. The predicted octanol–water partition coefficient (Wildman–Crippen LogP) is 5.58. The number of hydrogen-bond acceptors (Lipinski definition) is 5. The van der Waals surface area contributed by atoms with E-state index in [1.54, 1.807) is 7.11 Å². The SMILES string of the molecule is COc1cc(C)c2[nH]ccc2c1CN1CCC2(C[C@H]1c1ccc(-c3n[nH]c(=O)o3)cc1)CC(F)(F)C2. The lowest BCUT2D eigenvalue weighted by Crippen LogP contribution is -2.53. The number of nitrogens with zero attached hydrogens (tertiary/aromatic N) is 2. The standard InChI is InChI=1S/C27H28F2N4O3/c1-16-11-22(35-2)20(19-7-9-30-23(16)19)13-33-10-8-26(14-27(28,29)15-26)12-21(33)17-3-5-18(6-4-17)24-31-32-25(34)36-24/h3-7,9,11,21,30H,8,10,12-15H2,1-2H3,(H,32,34)/t21-/m0/s1. The van der Waals surface area contributed by atoms with Gasteiger partial charge in [0.2, 0.25) is 11.8 Å². The van der Waals surface area contributed by atoms with Gasteiger partial charge in [-0.05, 0) is 67.1 Å². The molecule has 0 unspecified atom stereocenters. The molecule has 188 valence electrons. The molecule has 0 bridgehead atoms. The Labute approximate surface area is 206 Å². The lowest BCUT2D eigenvalue weighted by Gasteiger charge is -2.54. The van der Waals surface area contributed by atoms with E-state index in [4.69, 9.17) is 9.15 Å². The maximum Gasteiger partial charge on any atom is 0.434 e. The van der Waals surface area contributed by atoms with Crippen LogP contribution in [0.5, 0.6) is 5.75 Å². The third-order valence-corrected chi connectivity index (χ3v) is 7.94. The highest BCUT2D eigenvalue weighted by molar-refractivity contribution is 5.88. The van der Waals surface area contributed by atoms with Gasteiger partial charge in [-0.25, -0.2) is 18.7 Å². The van der Waals surface area contributed by atoms with Gasteiger partial charge in [0, 0.05) is 53.7 Å². The molecule has 36 heavy (non-hydrogen) atoms. The van der Waals surface area contributed by atoms with Crippen LogP contribution in [0.3, 0.4) is 0 Å². The average Bonchev–Trinajstić information content (AvgIpc) is 3.50. The summed E-state index contributed by atoms with van der Waals surface area (Å²) in [6.07, 6.45) is 3.27. The normalized spacial score (nSPS) is 21.1. The Morgan fingerprint density at radius 3 is 2.67 bits per heavy atom. The fraction of sp³-hybridized carbons (Fsp3) is 0.407. The first-order valence-electron chi connectivity index (χ1n) is 12.2.